The van der Waals surface area contributed by atoms with Crippen LogP contribution in [0.25, 0.3) is 0 Å². The molecule has 0 amide bonds. The lowest BCUT2D eigenvalue weighted by Gasteiger charge is -2.15. The quantitative estimate of drug-likeness (QED) is 0.729. The molecule has 3 aromatic rings. The van der Waals surface area contributed by atoms with Gasteiger partial charge in [0.05, 0.1) is 0 Å². The Hall–Kier alpha value is -3.15. The highest BCUT2D eigenvalue weighted by Gasteiger charge is 2.16. The molecule has 6 heteroatoms. The summed E-state index contributed by atoms with van der Waals surface area (Å²) in [5.41, 5.74) is 9.54. The van der Waals surface area contributed by atoms with E-state index in [1.54, 1.807) is 0 Å². The molecule has 0 radical (unpaired) electrons. The Kier molecular flexibility index (Phi) is 4.39. The molecule has 6 nitrogen and oxygen atoms in total. The van der Waals surface area contributed by atoms with Crippen molar-refractivity contribution in [1.82, 2.24) is 15.0 Å². The fourth-order valence-electron chi connectivity index (χ4n) is 3.18. The standard InChI is InChI=1S/C20H21N5O/c1-13(26-17-11-10-14-6-5-7-15(14)12-17)18-23-19(21)25-20(24-18)22-16-8-3-2-4-9-16/h2-4,8-13H,5-7H2,1H3,(H3,21,22,23,24,25)/t13-/m0/s1. The average Bonchev–Trinajstić information content (AvgIpc) is 3.10. The number of hydrogen-bond donors (Lipinski definition) is 2. The van der Waals surface area contributed by atoms with E-state index < -0.39 is 0 Å². The Labute approximate surface area is 152 Å². The first kappa shape index (κ1) is 16.3. The van der Waals surface area contributed by atoms with Crippen LogP contribution < -0.4 is 15.8 Å². The fraction of sp³-hybridized carbons (Fsp3) is 0.250. The lowest BCUT2D eigenvalue weighted by atomic mass is 10.1. The number of nitrogen functional groups attached to an aromatic ring is 1. The highest BCUT2D eigenvalue weighted by molar-refractivity contribution is 5.53. The van der Waals surface area contributed by atoms with Crippen LogP contribution in [0, 0.1) is 0 Å². The number of hydrogen-bond acceptors (Lipinski definition) is 6. The minimum atomic E-state index is -0.337. The van der Waals surface area contributed by atoms with Crippen molar-refractivity contribution in [3.63, 3.8) is 0 Å². The zero-order valence-electron chi connectivity index (χ0n) is 14.6. The Bertz CT molecular complexity index is 913. The van der Waals surface area contributed by atoms with E-state index in [-0.39, 0.29) is 12.1 Å². The minimum Gasteiger partial charge on any atom is -0.483 e. The third-order valence-corrected chi connectivity index (χ3v) is 4.45. The van der Waals surface area contributed by atoms with E-state index >= 15 is 0 Å². The van der Waals surface area contributed by atoms with Crippen LogP contribution in [0.4, 0.5) is 17.6 Å². The van der Waals surface area contributed by atoms with Gasteiger partial charge in [0.2, 0.25) is 11.9 Å². The van der Waals surface area contributed by atoms with Crippen LogP contribution in [0.1, 0.15) is 36.4 Å². The van der Waals surface area contributed by atoms with Crippen LogP contribution in [0.3, 0.4) is 0 Å². The third-order valence-electron chi connectivity index (χ3n) is 4.45. The largest absolute Gasteiger partial charge is 0.483 e. The van der Waals surface area contributed by atoms with Crippen molar-refractivity contribution in [1.29, 1.82) is 0 Å². The number of nitrogens with zero attached hydrogens (tertiary/aromatic N) is 3. The summed E-state index contributed by atoms with van der Waals surface area (Å²) in [6, 6.07) is 16.0. The number of nitrogens with two attached hydrogens (primary N) is 1. The van der Waals surface area contributed by atoms with Gasteiger partial charge >= 0.3 is 0 Å². The molecule has 0 saturated carbocycles. The van der Waals surface area contributed by atoms with Gasteiger partial charge in [0, 0.05) is 5.69 Å². The van der Waals surface area contributed by atoms with Gasteiger partial charge in [-0.05, 0) is 61.6 Å². The molecule has 1 aliphatic rings. The van der Waals surface area contributed by atoms with Gasteiger partial charge in [0.1, 0.15) is 5.75 Å². The van der Waals surface area contributed by atoms with E-state index in [2.05, 4.69) is 32.4 Å². The summed E-state index contributed by atoms with van der Waals surface area (Å²) >= 11 is 0. The van der Waals surface area contributed by atoms with Crippen LogP contribution in [-0.2, 0) is 12.8 Å². The summed E-state index contributed by atoms with van der Waals surface area (Å²) < 4.78 is 6.05. The maximum Gasteiger partial charge on any atom is 0.232 e. The molecule has 0 aliphatic heterocycles. The van der Waals surface area contributed by atoms with Crippen molar-refractivity contribution in [2.45, 2.75) is 32.3 Å². The van der Waals surface area contributed by atoms with E-state index in [9.17, 15) is 0 Å². The SMILES string of the molecule is C[C@H](Oc1ccc2c(c1)CCC2)c1nc(N)nc(Nc2ccccc2)n1. The number of fused-ring (bicyclic) bond motifs is 1. The van der Waals surface area contributed by atoms with E-state index in [4.69, 9.17) is 10.5 Å². The molecule has 1 atom stereocenters. The van der Waals surface area contributed by atoms with Crippen LogP contribution >= 0.6 is 0 Å². The molecule has 0 unspecified atom stereocenters. The van der Waals surface area contributed by atoms with Gasteiger partial charge in [-0.15, -0.1) is 0 Å². The normalized spacial score (nSPS) is 13.9. The van der Waals surface area contributed by atoms with Crippen LogP contribution in [0.15, 0.2) is 48.5 Å². The van der Waals surface area contributed by atoms with E-state index in [1.165, 1.54) is 17.5 Å². The van der Waals surface area contributed by atoms with Crippen molar-refractivity contribution in [3.05, 3.63) is 65.5 Å². The van der Waals surface area contributed by atoms with E-state index in [0.717, 1.165) is 24.3 Å². The number of aromatic nitrogens is 3. The maximum atomic E-state index is 6.05. The molecule has 4 rings (SSSR count). The molecule has 3 N–H and O–H groups in total. The summed E-state index contributed by atoms with van der Waals surface area (Å²) in [6.07, 6.45) is 3.15. The molecular formula is C20H21N5O. The lowest BCUT2D eigenvalue weighted by Crippen LogP contribution is -2.13. The van der Waals surface area contributed by atoms with Crippen molar-refractivity contribution in [2.75, 3.05) is 11.1 Å². The van der Waals surface area contributed by atoms with Crippen molar-refractivity contribution in [3.8, 4) is 5.75 Å². The first-order valence-electron chi connectivity index (χ1n) is 8.79. The second kappa shape index (κ2) is 7.00. The lowest BCUT2D eigenvalue weighted by molar-refractivity contribution is 0.216. The van der Waals surface area contributed by atoms with Crippen molar-refractivity contribution < 1.29 is 4.74 Å². The summed E-state index contributed by atoms with van der Waals surface area (Å²) in [5, 5.41) is 3.14. The number of nitrogens with one attached hydrogen (secondary N) is 1. The van der Waals surface area contributed by atoms with Gasteiger partial charge in [-0.2, -0.15) is 15.0 Å². The molecule has 26 heavy (non-hydrogen) atoms. The Balaban J connectivity index is 1.53. The monoisotopic (exact) mass is 347 g/mol. The molecule has 1 aromatic heterocycles. The summed E-state index contributed by atoms with van der Waals surface area (Å²) in [4.78, 5) is 12.8. The first-order chi connectivity index (χ1) is 12.7. The highest BCUT2D eigenvalue weighted by atomic mass is 16.5. The molecule has 132 valence electrons. The topological polar surface area (TPSA) is 86.0 Å². The summed E-state index contributed by atoms with van der Waals surface area (Å²) in [7, 11) is 0. The number of anilines is 3. The van der Waals surface area contributed by atoms with Gasteiger partial charge < -0.3 is 15.8 Å². The Morgan fingerprint density at radius 3 is 2.65 bits per heavy atom. The predicted molar refractivity (Wildman–Crippen MR) is 101 cm³/mol. The number of rotatable bonds is 5. The van der Waals surface area contributed by atoms with E-state index in [1.807, 2.05) is 43.3 Å². The molecule has 1 heterocycles. The van der Waals surface area contributed by atoms with Gasteiger partial charge in [0.15, 0.2) is 11.9 Å². The van der Waals surface area contributed by atoms with Gasteiger partial charge in [0.25, 0.3) is 0 Å². The molecule has 0 saturated heterocycles. The minimum absolute atomic E-state index is 0.165. The summed E-state index contributed by atoms with van der Waals surface area (Å²) in [5.74, 6) is 1.90. The van der Waals surface area contributed by atoms with Gasteiger partial charge in [-0.3, -0.25) is 0 Å². The predicted octanol–water partition coefficient (Wildman–Crippen LogP) is 3.83. The Morgan fingerprint density at radius 1 is 1.00 bits per heavy atom. The van der Waals surface area contributed by atoms with Crippen molar-refractivity contribution in [2.24, 2.45) is 0 Å². The number of aryl methyl sites for hydroxylation is 2. The van der Waals surface area contributed by atoms with Crippen molar-refractivity contribution >= 4 is 17.6 Å². The Morgan fingerprint density at radius 2 is 1.81 bits per heavy atom. The zero-order valence-corrected chi connectivity index (χ0v) is 14.6. The molecule has 0 bridgehead atoms. The molecule has 1 aliphatic carbocycles. The second-order valence-electron chi connectivity index (χ2n) is 6.41. The molecular weight excluding hydrogens is 326 g/mol. The van der Waals surface area contributed by atoms with Crippen LogP contribution in [-0.4, -0.2) is 15.0 Å². The van der Waals surface area contributed by atoms with Gasteiger partial charge in [-0.25, -0.2) is 0 Å². The second-order valence-corrected chi connectivity index (χ2v) is 6.41. The molecule has 0 fully saturated rings. The van der Waals surface area contributed by atoms with Gasteiger partial charge in [-0.1, -0.05) is 24.3 Å². The third kappa shape index (κ3) is 3.59. The van der Waals surface area contributed by atoms with Crippen LogP contribution in [0.2, 0.25) is 0 Å². The zero-order chi connectivity index (χ0) is 17.9. The van der Waals surface area contributed by atoms with E-state index in [0.29, 0.717) is 11.8 Å². The maximum absolute atomic E-state index is 6.05. The number of ether oxygens (including phenoxy) is 1. The van der Waals surface area contributed by atoms with Crippen LogP contribution in [0.5, 0.6) is 5.75 Å². The summed E-state index contributed by atoms with van der Waals surface area (Å²) in [6.45, 7) is 1.91. The molecule has 2 aromatic carbocycles. The first-order valence-corrected chi connectivity index (χ1v) is 8.79. The fourth-order valence-corrected chi connectivity index (χ4v) is 3.18. The smallest absolute Gasteiger partial charge is 0.232 e. The number of para-hydroxylation sites is 1. The highest BCUT2D eigenvalue weighted by Crippen LogP contribution is 2.28. The number of benzene rings is 2. The molecule has 0 spiro atoms. The average molecular weight is 347 g/mol.